The molecule has 1 aliphatic rings. The van der Waals surface area contributed by atoms with Crippen LogP contribution in [0, 0.1) is 0 Å². The van der Waals surface area contributed by atoms with E-state index >= 15 is 0 Å². The highest BCUT2D eigenvalue weighted by Crippen LogP contribution is 2.41. The van der Waals surface area contributed by atoms with Gasteiger partial charge in [0.1, 0.15) is 5.76 Å². The van der Waals surface area contributed by atoms with Crippen LogP contribution in [0.2, 0.25) is 5.02 Å². The van der Waals surface area contributed by atoms with Gasteiger partial charge in [-0.3, -0.25) is 4.79 Å². The average Bonchev–Trinajstić information content (AvgIpc) is 3.00. The summed E-state index contributed by atoms with van der Waals surface area (Å²) in [5, 5.41) is 11.4. The first-order valence-electron chi connectivity index (χ1n) is 8.66. The molecule has 3 aromatic rings. The summed E-state index contributed by atoms with van der Waals surface area (Å²) in [7, 11) is 0. The van der Waals surface area contributed by atoms with Crippen molar-refractivity contribution in [2.24, 2.45) is 0 Å². The van der Waals surface area contributed by atoms with E-state index in [9.17, 15) is 14.7 Å². The van der Waals surface area contributed by atoms with Crippen molar-refractivity contribution < 1.29 is 19.7 Å². The number of amides is 1. The molecule has 28 heavy (non-hydrogen) atoms. The van der Waals surface area contributed by atoms with E-state index in [2.05, 4.69) is 4.98 Å². The summed E-state index contributed by atoms with van der Waals surface area (Å²) < 4.78 is 0. The minimum absolute atomic E-state index is 0.0378. The number of pyridine rings is 1. The van der Waals surface area contributed by atoms with Gasteiger partial charge in [-0.1, -0.05) is 60.1 Å². The van der Waals surface area contributed by atoms with Crippen LogP contribution in [0.1, 0.15) is 17.2 Å². The molecule has 1 aromatic heterocycles. The van der Waals surface area contributed by atoms with Crippen LogP contribution in [0.25, 0.3) is 5.76 Å². The van der Waals surface area contributed by atoms with Gasteiger partial charge in [0.25, 0.3) is 11.6 Å². The van der Waals surface area contributed by atoms with E-state index in [1.807, 2.05) is 6.07 Å². The molecule has 1 unspecified atom stereocenters. The fourth-order valence-electron chi connectivity index (χ4n) is 3.33. The average molecular weight is 392 g/mol. The molecule has 1 saturated heterocycles. The highest BCUT2D eigenvalue weighted by Gasteiger charge is 2.53. The maximum atomic E-state index is 12.9. The standard InChI is InChI=1S/C22H15ClN2O3/c23-16-11-9-14(10-12-16)19-18(20(26)15-6-2-1-3-7-15)21(27)22(28)25(19)17-8-4-5-13-24-17/h1-13,19,26H/p+1. The predicted molar refractivity (Wildman–Crippen MR) is 106 cm³/mol. The number of aliphatic hydroxyl groups excluding tert-OH is 1. The number of carbonyl (C=O) groups is 2. The second kappa shape index (κ2) is 7.29. The van der Waals surface area contributed by atoms with E-state index < -0.39 is 17.7 Å². The van der Waals surface area contributed by atoms with Crippen LogP contribution in [-0.2, 0) is 9.59 Å². The van der Waals surface area contributed by atoms with Crippen LogP contribution in [0.15, 0.2) is 84.6 Å². The summed E-state index contributed by atoms with van der Waals surface area (Å²) >= 11 is 6.01. The van der Waals surface area contributed by atoms with Gasteiger partial charge in [-0.05, 0) is 18.2 Å². The lowest BCUT2D eigenvalue weighted by atomic mass is 9.95. The summed E-state index contributed by atoms with van der Waals surface area (Å²) in [6, 6.07) is 20.0. The molecule has 0 radical (unpaired) electrons. The fraction of sp³-hybridized carbons (Fsp3) is 0.0455. The molecule has 0 aliphatic carbocycles. The van der Waals surface area contributed by atoms with Crippen molar-refractivity contribution in [3.63, 3.8) is 0 Å². The molecule has 2 heterocycles. The molecule has 1 amide bonds. The van der Waals surface area contributed by atoms with Gasteiger partial charge in [-0.25, -0.2) is 9.78 Å². The summed E-state index contributed by atoms with van der Waals surface area (Å²) in [5.41, 5.74) is 1.17. The van der Waals surface area contributed by atoms with Gasteiger partial charge in [0.05, 0.1) is 11.8 Å². The number of ketones is 1. The number of nitrogens with one attached hydrogen (secondary N) is 1. The zero-order valence-corrected chi connectivity index (χ0v) is 15.4. The normalized spacial score (nSPS) is 18.5. The van der Waals surface area contributed by atoms with Crippen molar-refractivity contribution in [2.75, 3.05) is 4.90 Å². The van der Waals surface area contributed by atoms with Crippen molar-refractivity contribution in [1.82, 2.24) is 0 Å². The molecular formula is C22H16ClN2O3+. The van der Waals surface area contributed by atoms with Crippen molar-refractivity contribution >= 4 is 34.9 Å². The van der Waals surface area contributed by atoms with Crippen molar-refractivity contribution in [3.8, 4) is 0 Å². The summed E-state index contributed by atoms with van der Waals surface area (Å²) in [6.45, 7) is 0. The highest BCUT2D eigenvalue weighted by molar-refractivity contribution is 6.51. The van der Waals surface area contributed by atoms with Crippen LogP contribution < -0.4 is 9.88 Å². The summed E-state index contributed by atoms with van der Waals surface area (Å²) in [4.78, 5) is 30.1. The smallest absolute Gasteiger partial charge is 0.382 e. The molecular weight excluding hydrogens is 376 g/mol. The number of halogens is 1. The second-order valence-electron chi connectivity index (χ2n) is 6.33. The summed E-state index contributed by atoms with van der Waals surface area (Å²) in [6.07, 6.45) is 1.67. The van der Waals surface area contributed by atoms with Crippen molar-refractivity contribution in [2.45, 2.75) is 6.04 Å². The number of aromatic amines is 1. The lowest BCUT2D eigenvalue weighted by Gasteiger charge is -2.18. The molecule has 138 valence electrons. The van der Waals surface area contributed by atoms with Gasteiger partial charge in [0, 0.05) is 22.2 Å². The van der Waals surface area contributed by atoms with Crippen molar-refractivity contribution in [1.29, 1.82) is 0 Å². The van der Waals surface area contributed by atoms with E-state index in [0.29, 0.717) is 22.0 Å². The van der Waals surface area contributed by atoms with Crippen LogP contribution in [0.3, 0.4) is 0 Å². The molecule has 2 N–H and O–H groups in total. The summed E-state index contributed by atoms with van der Waals surface area (Å²) in [5.74, 6) is -1.20. The minimum Gasteiger partial charge on any atom is -0.507 e. The lowest BCUT2D eigenvalue weighted by Crippen LogP contribution is -2.33. The zero-order chi connectivity index (χ0) is 19.7. The fourth-order valence-corrected chi connectivity index (χ4v) is 3.45. The van der Waals surface area contributed by atoms with Crippen LogP contribution >= 0.6 is 11.6 Å². The Kier molecular flexibility index (Phi) is 4.67. The van der Waals surface area contributed by atoms with E-state index in [-0.39, 0.29) is 11.3 Å². The molecule has 0 saturated carbocycles. The predicted octanol–water partition coefficient (Wildman–Crippen LogP) is 3.78. The molecule has 2 aromatic carbocycles. The van der Waals surface area contributed by atoms with Gasteiger partial charge < -0.3 is 5.11 Å². The molecule has 1 fully saturated rings. The van der Waals surface area contributed by atoms with E-state index in [0.717, 1.165) is 0 Å². The van der Waals surface area contributed by atoms with Crippen molar-refractivity contribution in [3.05, 3.63) is 101 Å². The Bertz CT molecular complexity index is 1060. The molecule has 0 spiro atoms. The van der Waals surface area contributed by atoms with Gasteiger partial charge in [0.2, 0.25) is 0 Å². The number of hydrogen-bond acceptors (Lipinski definition) is 3. The Hall–Kier alpha value is -3.44. The second-order valence-corrected chi connectivity index (χ2v) is 6.77. The third-order valence-corrected chi connectivity index (χ3v) is 4.88. The Morgan fingerprint density at radius 1 is 0.929 bits per heavy atom. The number of aromatic nitrogens is 1. The van der Waals surface area contributed by atoms with Crippen LogP contribution in [-0.4, -0.2) is 16.8 Å². The monoisotopic (exact) mass is 391 g/mol. The Labute approximate surface area is 166 Å². The largest absolute Gasteiger partial charge is 0.507 e. The van der Waals surface area contributed by atoms with E-state index in [4.69, 9.17) is 11.6 Å². The number of hydrogen-bond donors (Lipinski definition) is 1. The minimum atomic E-state index is -0.781. The number of carbonyl (C=O) groups excluding carboxylic acids is 2. The number of rotatable bonds is 3. The highest BCUT2D eigenvalue weighted by atomic mass is 35.5. The zero-order valence-electron chi connectivity index (χ0n) is 14.7. The van der Waals surface area contributed by atoms with Gasteiger partial charge in [-0.15, -0.1) is 0 Å². The molecule has 1 aliphatic heterocycles. The number of nitrogens with zero attached hydrogens (tertiary/aromatic N) is 1. The Morgan fingerprint density at radius 2 is 1.61 bits per heavy atom. The Balaban J connectivity index is 1.95. The number of benzene rings is 2. The molecule has 5 nitrogen and oxygen atoms in total. The van der Waals surface area contributed by atoms with Gasteiger partial charge in [0.15, 0.2) is 6.04 Å². The maximum Gasteiger partial charge on any atom is 0.382 e. The Morgan fingerprint density at radius 3 is 2.25 bits per heavy atom. The molecule has 1 atom stereocenters. The third kappa shape index (κ3) is 3.06. The first-order chi connectivity index (χ1) is 13.6. The number of Topliss-reactive ketones (excluding diaryl/α,β-unsaturated/α-hetero) is 1. The van der Waals surface area contributed by atoms with Crippen LogP contribution in [0.5, 0.6) is 0 Å². The van der Waals surface area contributed by atoms with E-state index in [1.54, 1.807) is 72.9 Å². The van der Waals surface area contributed by atoms with Gasteiger partial charge >= 0.3 is 5.91 Å². The third-order valence-electron chi connectivity index (χ3n) is 4.63. The van der Waals surface area contributed by atoms with Crippen LogP contribution in [0.4, 0.5) is 5.82 Å². The maximum absolute atomic E-state index is 12.9. The molecule has 0 bridgehead atoms. The lowest BCUT2D eigenvalue weighted by molar-refractivity contribution is -0.363. The number of H-pyrrole nitrogens is 1. The van der Waals surface area contributed by atoms with E-state index in [1.165, 1.54) is 4.90 Å². The topological polar surface area (TPSA) is 71.8 Å². The molecule has 4 rings (SSSR count). The van der Waals surface area contributed by atoms with Gasteiger partial charge in [-0.2, -0.15) is 4.90 Å². The SMILES string of the molecule is O=C1C(=O)N(c2cccc[nH+]2)C(c2ccc(Cl)cc2)C1=C(O)c1ccccc1. The number of aliphatic hydroxyl groups is 1. The quantitative estimate of drug-likeness (QED) is 0.419. The first-order valence-corrected chi connectivity index (χ1v) is 9.04. The number of anilines is 1. The molecule has 6 heteroatoms. The first kappa shape index (κ1) is 17.9.